The van der Waals surface area contributed by atoms with Gasteiger partial charge in [0.25, 0.3) is 0 Å². The zero-order valence-corrected chi connectivity index (χ0v) is 10.00. The SMILES string of the molecule is COc1c(Cl)cc(F)cc1C(N)CCC(=O)O. The first-order valence-electron chi connectivity index (χ1n) is 4.96. The van der Waals surface area contributed by atoms with Crippen molar-refractivity contribution in [3.63, 3.8) is 0 Å². The summed E-state index contributed by atoms with van der Waals surface area (Å²) in [7, 11) is 1.40. The van der Waals surface area contributed by atoms with Crippen molar-refractivity contribution in [1.29, 1.82) is 0 Å². The molecular weight excluding hydrogens is 249 g/mol. The standard InChI is InChI=1S/C11H13ClFNO3/c1-17-11-7(4-6(13)5-8(11)12)9(14)2-3-10(15)16/h4-5,9H,2-3,14H2,1H3,(H,15,16). The Balaban J connectivity index is 2.98. The van der Waals surface area contributed by atoms with Crippen LogP contribution in [0.5, 0.6) is 5.75 Å². The summed E-state index contributed by atoms with van der Waals surface area (Å²) in [4.78, 5) is 10.4. The number of aliphatic carboxylic acids is 1. The summed E-state index contributed by atoms with van der Waals surface area (Å²) in [5, 5.41) is 8.68. The number of carboxylic acid groups (broad SMARTS) is 1. The van der Waals surface area contributed by atoms with Crippen molar-refractivity contribution in [2.75, 3.05) is 7.11 Å². The van der Waals surface area contributed by atoms with E-state index in [1.165, 1.54) is 13.2 Å². The molecule has 3 N–H and O–H groups in total. The van der Waals surface area contributed by atoms with Gasteiger partial charge in [-0.05, 0) is 18.6 Å². The Bertz CT molecular complexity index is 425. The largest absolute Gasteiger partial charge is 0.495 e. The lowest BCUT2D eigenvalue weighted by molar-refractivity contribution is -0.137. The van der Waals surface area contributed by atoms with Gasteiger partial charge in [-0.15, -0.1) is 0 Å². The van der Waals surface area contributed by atoms with E-state index in [0.717, 1.165) is 6.07 Å². The molecule has 6 heteroatoms. The summed E-state index contributed by atoms with van der Waals surface area (Å²) >= 11 is 5.80. The van der Waals surface area contributed by atoms with E-state index in [4.69, 9.17) is 27.2 Å². The van der Waals surface area contributed by atoms with Crippen molar-refractivity contribution in [3.05, 3.63) is 28.5 Å². The lowest BCUT2D eigenvalue weighted by atomic mass is 10.0. The fourth-order valence-electron chi connectivity index (χ4n) is 1.51. The number of methoxy groups -OCH3 is 1. The third-order valence-electron chi connectivity index (χ3n) is 2.31. The molecule has 1 atom stereocenters. The maximum absolute atomic E-state index is 13.2. The molecule has 94 valence electrons. The van der Waals surface area contributed by atoms with Gasteiger partial charge in [-0.3, -0.25) is 4.79 Å². The number of carbonyl (C=O) groups is 1. The van der Waals surface area contributed by atoms with Crippen LogP contribution in [0.15, 0.2) is 12.1 Å². The molecule has 0 bridgehead atoms. The van der Waals surface area contributed by atoms with E-state index in [1.54, 1.807) is 0 Å². The van der Waals surface area contributed by atoms with Crippen LogP contribution in [0.1, 0.15) is 24.4 Å². The first-order chi connectivity index (χ1) is 7.95. The van der Waals surface area contributed by atoms with Crippen molar-refractivity contribution >= 4 is 17.6 Å². The monoisotopic (exact) mass is 261 g/mol. The lowest BCUT2D eigenvalue weighted by Gasteiger charge is -2.16. The topological polar surface area (TPSA) is 72.5 Å². The van der Waals surface area contributed by atoms with Crippen LogP contribution in [0.4, 0.5) is 4.39 Å². The summed E-state index contributed by atoms with van der Waals surface area (Å²) in [5.41, 5.74) is 6.16. The van der Waals surface area contributed by atoms with Gasteiger partial charge in [0.05, 0.1) is 12.1 Å². The molecular formula is C11H13ClFNO3. The molecule has 0 saturated heterocycles. The Kier molecular flexibility index (Phi) is 4.72. The molecule has 0 aliphatic carbocycles. The third-order valence-corrected chi connectivity index (χ3v) is 2.59. The van der Waals surface area contributed by atoms with Crippen LogP contribution in [0, 0.1) is 5.82 Å². The van der Waals surface area contributed by atoms with Gasteiger partial charge in [0.1, 0.15) is 11.6 Å². The maximum atomic E-state index is 13.2. The van der Waals surface area contributed by atoms with Gasteiger partial charge in [0.15, 0.2) is 0 Å². The van der Waals surface area contributed by atoms with E-state index in [-0.39, 0.29) is 23.6 Å². The quantitative estimate of drug-likeness (QED) is 0.853. The molecule has 4 nitrogen and oxygen atoms in total. The third kappa shape index (κ3) is 3.57. The summed E-state index contributed by atoms with van der Waals surface area (Å²) < 4.78 is 18.2. The van der Waals surface area contributed by atoms with Crippen molar-refractivity contribution in [1.82, 2.24) is 0 Å². The second-order valence-corrected chi connectivity index (χ2v) is 3.96. The number of hydrogen-bond donors (Lipinski definition) is 2. The molecule has 1 unspecified atom stereocenters. The second kappa shape index (κ2) is 5.84. The van der Waals surface area contributed by atoms with Gasteiger partial charge in [0, 0.05) is 18.0 Å². The average Bonchev–Trinajstić information content (AvgIpc) is 2.24. The predicted molar refractivity (Wildman–Crippen MR) is 61.8 cm³/mol. The first-order valence-corrected chi connectivity index (χ1v) is 5.33. The highest BCUT2D eigenvalue weighted by Gasteiger charge is 2.17. The highest BCUT2D eigenvalue weighted by atomic mass is 35.5. The molecule has 1 aromatic rings. The van der Waals surface area contributed by atoms with Crippen LogP contribution in [0.3, 0.4) is 0 Å². The summed E-state index contributed by atoms with van der Waals surface area (Å²) in [5.74, 6) is -1.20. The normalized spacial score (nSPS) is 12.2. The van der Waals surface area contributed by atoms with Crippen molar-refractivity contribution < 1.29 is 19.0 Å². The van der Waals surface area contributed by atoms with E-state index >= 15 is 0 Å². The molecule has 0 fully saturated rings. The molecule has 0 heterocycles. The van der Waals surface area contributed by atoms with Crippen LogP contribution in [-0.4, -0.2) is 18.2 Å². The number of carboxylic acids is 1. The van der Waals surface area contributed by atoms with Gasteiger partial charge in [-0.25, -0.2) is 4.39 Å². The van der Waals surface area contributed by atoms with Gasteiger partial charge in [-0.1, -0.05) is 11.6 Å². The van der Waals surface area contributed by atoms with Crippen LogP contribution in [0.25, 0.3) is 0 Å². The molecule has 0 aliphatic rings. The van der Waals surface area contributed by atoms with Crippen molar-refractivity contribution in [3.8, 4) is 5.75 Å². The van der Waals surface area contributed by atoms with E-state index in [2.05, 4.69) is 0 Å². The van der Waals surface area contributed by atoms with Crippen LogP contribution in [-0.2, 0) is 4.79 Å². The molecule has 0 spiro atoms. The van der Waals surface area contributed by atoms with E-state index in [9.17, 15) is 9.18 Å². The van der Waals surface area contributed by atoms with Gasteiger partial charge < -0.3 is 15.6 Å². The minimum Gasteiger partial charge on any atom is -0.495 e. The second-order valence-electron chi connectivity index (χ2n) is 3.55. The molecule has 0 saturated carbocycles. The maximum Gasteiger partial charge on any atom is 0.303 e. The number of nitrogens with two attached hydrogens (primary N) is 1. The Labute approximate surface area is 103 Å². The number of rotatable bonds is 5. The van der Waals surface area contributed by atoms with Crippen molar-refractivity contribution in [2.24, 2.45) is 5.73 Å². The first kappa shape index (κ1) is 13.7. The number of halogens is 2. The average molecular weight is 262 g/mol. The Morgan fingerprint density at radius 1 is 1.65 bits per heavy atom. The van der Waals surface area contributed by atoms with Crippen LogP contribution >= 0.6 is 11.6 Å². The molecule has 0 amide bonds. The van der Waals surface area contributed by atoms with E-state index in [1.807, 2.05) is 0 Å². The highest BCUT2D eigenvalue weighted by Crippen LogP contribution is 2.34. The predicted octanol–water partition coefficient (Wildman–Crippen LogP) is 2.35. The molecule has 0 radical (unpaired) electrons. The van der Waals surface area contributed by atoms with Gasteiger partial charge >= 0.3 is 5.97 Å². The molecule has 1 rings (SSSR count). The summed E-state index contributed by atoms with van der Waals surface area (Å²) in [6.07, 6.45) is 0.0872. The zero-order chi connectivity index (χ0) is 13.0. The Morgan fingerprint density at radius 2 is 2.29 bits per heavy atom. The minimum absolute atomic E-state index is 0.0988. The zero-order valence-electron chi connectivity index (χ0n) is 9.24. The number of benzene rings is 1. The molecule has 17 heavy (non-hydrogen) atoms. The van der Waals surface area contributed by atoms with E-state index in [0.29, 0.717) is 5.56 Å². The fourth-order valence-corrected chi connectivity index (χ4v) is 1.80. The Morgan fingerprint density at radius 3 is 2.82 bits per heavy atom. The van der Waals surface area contributed by atoms with E-state index < -0.39 is 17.8 Å². The summed E-state index contributed by atoms with van der Waals surface area (Å²) in [6, 6.07) is 1.69. The summed E-state index contributed by atoms with van der Waals surface area (Å²) in [6.45, 7) is 0. The minimum atomic E-state index is -0.957. The smallest absolute Gasteiger partial charge is 0.303 e. The lowest BCUT2D eigenvalue weighted by Crippen LogP contribution is -2.14. The van der Waals surface area contributed by atoms with Crippen molar-refractivity contribution in [2.45, 2.75) is 18.9 Å². The highest BCUT2D eigenvalue weighted by molar-refractivity contribution is 6.32. The van der Waals surface area contributed by atoms with Gasteiger partial charge in [-0.2, -0.15) is 0 Å². The number of ether oxygens (including phenoxy) is 1. The van der Waals surface area contributed by atoms with Crippen LogP contribution < -0.4 is 10.5 Å². The fraction of sp³-hybridized carbons (Fsp3) is 0.364. The molecule has 0 aromatic heterocycles. The van der Waals surface area contributed by atoms with Crippen LogP contribution in [0.2, 0.25) is 5.02 Å². The van der Waals surface area contributed by atoms with Gasteiger partial charge in [0.2, 0.25) is 0 Å². The number of hydrogen-bond acceptors (Lipinski definition) is 3. The molecule has 1 aromatic carbocycles. The molecule has 0 aliphatic heterocycles. The Hall–Kier alpha value is -1.33.